The summed E-state index contributed by atoms with van der Waals surface area (Å²) >= 11 is 0. The number of benzene rings is 2. The van der Waals surface area contributed by atoms with Gasteiger partial charge in [0.2, 0.25) is 0 Å². The Morgan fingerprint density at radius 1 is 0.727 bits per heavy atom. The number of unbranched alkanes of at least 4 members (excludes halogenated alkanes) is 5. The fraction of sp³-hybridized carbons (Fsp3) is 0.448. The predicted molar refractivity (Wildman–Crippen MR) is 135 cm³/mol. The van der Waals surface area contributed by atoms with E-state index in [0.29, 0.717) is 18.0 Å². The summed E-state index contributed by atoms with van der Waals surface area (Å²) < 4.78 is 19.5. The highest BCUT2D eigenvalue weighted by Gasteiger charge is 2.08. The van der Waals surface area contributed by atoms with E-state index in [1.807, 2.05) is 36.7 Å². The summed E-state index contributed by atoms with van der Waals surface area (Å²) in [5.41, 5.74) is 4.43. The van der Waals surface area contributed by atoms with Crippen LogP contribution >= 0.6 is 0 Å². The summed E-state index contributed by atoms with van der Waals surface area (Å²) in [6.45, 7) is 4.46. The SMILES string of the molecule is CCCCCCc1ccc(-c2cnc(-c3ccc(OCC(F)CCCCC)cc3)nc2)cc1. The van der Waals surface area contributed by atoms with Gasteiger partial charge < -0.3 is 4.74 Å². The van der Waals surface area contributed by atoms with Gasteiger partial charge in [0.05, 0.1) is 0 Å². The van der Waals surface area contributed by atoms with Crippen molar-refractivity contribution in [2.24, 2.45) is 0 Å². The molecule has 0 spiro atoms. The number of hydrogen-bond acceptors (Lipinski definition) is 3. The molecule has 0 radical (unpaired) electrons. The smallest absolute Gasteiger partial charge is 0.159 e. The first-order valence-electron chi connectivity index (χ1n) is 12.5. The fourth-order valence-electron chi connectivity index (χ4n) is 3.83. The van der Waals surface area contributed by atoms with Crippen LogP contribution in [0.2, 0.25) is 0 Å². The molecule has 33 heavy (non-hydrogen) atoms. The number of ether oxygens (including phenoxy) is 1. The average Bonchev–Trinajstić information content (AvgIpc) is 2.86. The molecular weight excluding hydrogens is 411 g/mol. The molecule has 3 aromatic rings. The predicted octanol–water partition coefficient (Wildman–Crippen LogP) is 8.23. The van der Waals surface area contributed by atoms with E-state index < -0.39 is 6.17 Å². The van der Waals surface area contributed by atoms with Gasteiger partial charge in [-0.25, -0.2) is 14.4 Å². The van der Waals surface area contributed by atoms with Gasteiger partial charge >= 0.3 is 0 Å². The Bertz CT molecular complexity index is 923. The minimum absolute atomic E-state index is 0.103. The molecule has 0 aliphatic carbocycles. The highest BCUT2D eigenvalue weighted by molar-refractivity contribution is 5.64. The molecule has 1 heterocycles. The van der Waals surface area contributed by atoms with Crippen molar-refractivity contribution in [2.45, 2.75) is 77.8 Å². The van der Waals surface area contributed by atoms with E-state index in [1.165, 1.54) is 31.2 Å². The lowest BCUT2D eigenvalue weighted by molar-refractivity contribution is 0.184. The molecule has 0 saturated carbocycles. The minimum atomic E-state index is -0.915. The van der Waals surface area contributed by atoms with Crippen LogP contribution in [-0.2, 0) is 6.42 Å². The molecule has 2 aromatic carbocycles. The third kappa shape index (κ3) is 8.27. The topological polar surface area (TPSA) is 35.0 Å². The molecule has 1 atom stereocenters. The second-order valence-electron chi connectivity index (χ2n) is 8.73. The van der Waals surface area contributed by atoms with Gasteiger partial charge in [-0.1, -0.05) is 76.6 Å². The van der Waals surface area contributed by atoms with Crippen LogP contribution in [0.15, 0.2) is 60.9 Å². The van der Waals surface area contributed by atoms with Gasteiger partial charge in [0, 0.05) is 23.5 Å². The number of aromatic nitrogens is 2. The normalized spacial score (nSPS) is 12.0. The summed E-state index contributed by atoms with van der Waals surface area (Å²) in [6, 6.07) is 16.3. The first-order chi connectivity index (χ1) is 16.2. The molecule has 0 saturated heterocycles. The van der Waals surface area contributed by atoms with Gasteiger partial charge in [0.15, 0.2) is 5.82 Å². The molecule has 0 N–H and O–H groups in total. The largest absolute Gasteiger partial charge is 0.491 e. The van der Waals surface area contributed by atoms with Crippen LogP contribution in [0, 0.1) is 0 Å². The zero-order valence-corrected chi connectivity index (χ0v) is 20.1. The van der Waals surface area contributed by atoms with Crippen molar-refractivity contribution in [2.75, 3.05) is 6.61 Å². The Balaban J connectivity index is 1.52. The van der Waals surface area contributed by atoms with Crippen LogP contribution in [-0.4, -0.2) is 22.7 Å². The van der Waals surface area contributed by atoms with Crippen LogP contribution in [0.3, 0.4) is 0 Å². The molecule has 0 aliphatic rings. The molecule has 1 aromatic heterocycles. The Morgan fingerprint density at radius 3 is 2.03 bits per heavy atom. The molecule has 0 fully saturated rings. The second kappa shape index (κ2) is 13.7. The molecule has 3 rings (SSSR count). The highest BCUT2D eigenvalue weighted by atomic mass is 19.1. The van der Waals surface area contributed by atoms with Crippen LogP contribution in [0.1, 0.15) is 70.8 Å². The number of alkyl halides is 1. The van der Waals surface area contributed by atoms with Crippen molar-refractivity contribution >= 4 is 0 Å². The minimum Gasteiger partial charge on any atom is -0.491 e. The summed E-state index contributed by atoms with van der Waals surface area (Å²) in [5, 5.41) is 0. The highest BCUT2D eigenvalue weighted by Crippen LogP contribution is 2.23. The van der Waals surface area contributed by atoms with Crippen molar-refractivity contribution in [3.8, 4) is 28.3 Å². The van der Waals surface area contributed by atoms with E-state index in [-0.39, 0.29) is 6.61 Å². The van der Waals surface area contributed by atoms with E-state index in [2.05, 4.69) is 48.1 Å². The maximum atomic E-state index is 13.9. The summed E-state index contributed by atoms with van der Waals surface area (Å²) in [4.78, 5) is 9.10. The third-order valence-corrected chi connectivity index (χ3v) is 5.92. The molecular formula is C29H37FN2O. The summed E-state index contributed by atoms with van der Waals surface area (Å²) in [5.74, 6) is 1.34. The lowest BCUT2D eigenvalue weighted by atomic mass is 10.0. The van der Waals surface area contributed by atoms with E-state index in [0.717, 1.165) is 42.4 Å². The second-order valence-corrected chi connectivity index (χ2v) is 8.73. The molecule has 3 nitrogen and oxygen atoms in total. The lowest BCUT2D eigenvalue weighted by Gasteiger charge is -2.10. The van der Waals surface area contributed by atoms with Gasteiger partial charge in [0.25, 0.3) is 0 Å². The maximum Gasteiger partial charge on any atom is 0.159 e. The van der Waals surface area contributed by atoms with Crippen molar-refractivity contribution in [3.05, 3.63) is 66.5 Å². The molecule has 1 unspecified atom stereocenters. The van der Waals surface area contributed by atoms with Crippen LogP contribution in [0.5, 0.6) is 5.75 Å². The van der Waals surface area contributed by atoms with Gasteiger partial charge in [-0.2, -0.15) is 0 Å². The Morgan fingerprint density at radius 2 is 1.36 bits per heavy atom. The quantitative estimate of drug-likeness (QED) is 0.233. The van der Waals surface area contributed by atoms with E-state index in [1.54, 1.807) is 0 Å². The Hall–Kier alpha value is -2.75. The summed E-state index contributed by atoms with van der Waals surface area (Å²) in [6.07, 6.45) is 12.7. The van der Waals surface area contributed by atoms with Crippen LogP contribution < -0.4 is 4.74 Å². The monoisotopic (exact) mass is 448 g/mol. The fourth-order valence-corrected chi connectivity index (χ4v) is 3.83. The van der Waals surface area contributed by atoms with Gasteiger partial charge in [-0.3, -0.25) is 0 Å². The van der Waals surface area contributed by atoms with Crippen molar-refractivity contribution < 1.29 is 9.13 Å². The Kier molecular flexibility index (Phi) is 10.3. The first-order valence-corrected chi connectivity index (χ1v) is 12.5. The first kappa shape index (κ1) is 24.9. The molecule has 4 heteroatoms. The molecule has 0 amide bonds. The zero-order valence-electron chi connectivity index (χ0n) is 20.1. The van der Waals surface area contributed by atoms with Gasteiger partial charge in [0.1, 0.15) is 18.5 Å². The molecule has 0 aliphatic heterocycles. The van der Waals surface area contributed by atoms with Crippen molar-refractivity contribution in [1.82, 2.24) is 9.97 Å². The van der Waals surface area contributed by atoms with E-state index >= 15 is 0 Å². The standard InChI is InChI=1S/C29H37FN2O/c1-3-5-7-9-10-23-12-14-24(15-13-23)26-20-31-29(32-21-26)25-16-18-28(19-17-25)33-22-27(30)11-8-6-4-2/h12-21,27H,3-11,22H2,1-2H3. The van der Waals surface area contributed by atoms with Crippen LogP contribution in [0.4, 0.5) is 4.39 Å². The number of aryl methyl sites for hydroxylation is 1. The zero-order chi connectivity index (χ0) is 23.3. The van der Waals surface area contributed by atoms with Gasteiger partial charge in [-0.05, 0) is 54.7 Å². The number of rotatable bonds is 14. The van der Waals surface area contributed by atoms with Crippen LogP contribution in [0.25, 0.3) is 22.5 Å². The number of halogens is 1. The van der Waals surface area contributed by atoms with E-state index in [4.69, 9.17) is 4.74 Å². The Labute approximate surface area is 198 Å². The average molecular weight is 449 g/mol. The van der Waals surface area contributed by atoms with E-state index in [9.17, 15) is 4.39 Å². The van der Waals surface area contributed by atoms with Gasteiger partial charge in [-0.15, -0.1) is 0 Å². The summed E-state index contributed by atoms with van der Waals surface area (Å²) in [7, 11) is 0. The molecule has 176 valence electrons. The number of hydrogen-bond donors (Lipinski definition) is 0. The van der Waals surface area contributed by atoms with Crippen molar-refractivity contribution in [1.29, 1.82) is 0 Å². The number of nitrogens with zero attached hydrogens (tertiary/aromatic N) is 2. The van der Waals surface area contributed by atoms with Crippen molar-refractivity contribution in [3.63, 3.8) is 0 Å². The third-order valence-electron chi connectivity index (χ3n) is 5.92. The lowest BCUT2D eigenvalue weighted by Crippen LogP contribution is -2.12. The molecule has 0 bridgehead atoms. The maximum absolute atomic E-state index is 13.9.